The van der Waals surface area contributed by atoms with Gasteiger partial charge in [-0.25, -0.2) is 4.39 Å². The molecule has 0 radical (unpaired) electrons. The summed E-state index contributed by atoms with van der Waals surface area (Å²) in [5, 5.41) is 1.90. The second kappa shape index (κ2) is 8.07. The molecule has 3 nitrogen and oxygen atoms in total. The van der Waals surface area contributed by atoms with Crippen molar-refractivity contribution < 1.29 is 31.6 Å². The quantitative estimate of drug-likeness (QED) is 0.460. The topological polar surface area (TPSA) is 42.9 Å². The van der Waals surface area contributed by atoms with Crippen LogP contribution in [0, 0.1) is 5.82 Å². The highest BCUT2D eigenvalue weighted by Gasteiger charge is 2.02. The zero-order chi connectivity index (χ0) is 11.1. The summed E-state index contributed by atoms with van der Waals surface area (Å²) in [6, 6.07) is 6.66. The molecule has 0 amide bonds. The van der Waals surface area contributed by atoms with Crippen molar-refractivity contribution in [1.82, 2.24) is 0 Å². The van der Waals surface area contributed by atoms with Crippen molar-refractivity contribution in [2.24, 2.45) is 0 Å². The summed E-state index contributed by atoms with van der Waals surface area (Å²) in [5.74, 6) is -0.476. The molecule has 16 heavy (non-hydrogen) atoms. The number of carbonyl (C=O) groups is 1. The van der Waals surface area contributed by atoms with E-state index in [-0.39, 0.29) is 24.2 Å². The largest absolute Gasteiger partial charge is 1.00 e. The van der Waals surface area contributed by atoms with Crippen LogP contribution < -0.4 is 17.7 Å². The van der Waals surface area contributed by atoms with Gasteiger partial charge in [0.2, 0.25) is 0 Å². The Labute approximate surface area is 100 Å². The molecule has 0 unspecified atom stereocenters. The summed E-state index contributed by atoms with van der Waals surface area (Å²) < 4.78 is 17.9. The molecule has 0 aliphatic rings. The Kier molecular flexibility index (Phi) is 7.50. The van der Waals surface area contributed by atoms with Crippen molar-refractivity contribution in [2.75, 3.05) is 13.2 Å². The zero-order valence-corrected chi connectivity index (χ0v) is 9.84. The summed E-state index contributed by atoms with van der Waals surface area (Å²) >= 11 is 0. The number of halogens is 2. The number of hydrogen-bond donors (Lipinski definition) is 1. The van der Waals surface area contributed by atoms with Gasteiger partial charge in [0, 0.05) is 12.5 Å². The molecule has 0 aromatic heterocycles. The maximum Gasteiger partial charge on any atom is 0.302 e. The van der Waals surface area contributed by atoms with Gasteiger partial charge in [0.1, 0.15) is 25.5 Å². The van der Waals surface area contributed by atoms with E-state index in [2.05, 4.69) is 0 Å². The molecule has 1 aromatic rings. The maximum atomic E-state index is 13.1. The third-order valence-electron chi connectivity index (χ3n) is 1.95. The van der Waals surface area contributed by atoms with Gasteiger partial charge in [-0.05, 0) is 6.07 Å². The van der Waals surface area contributed by atoms with Crippen molar-refractivity contribution in [3.63, 3.8) is 0 Å². The number of quaternary nitrogens is 1. The van der Waals surface area contributed by atoms with Crippen LogP contribution >= 0.6 is 0 Å². The van der Waals surface area contributed by atoms with Gasteiger partial charge in [-0.15, -0.1) is 0 Å². The number of nitrogens with two attached hydrogens (primary N) is 1. The molecular weight excluding hydrogens is 233 g/mol. The molecule has 0 bridgehead atoms. The molecule has 0 atom stereocenters. The SMILES string of the molecule is CC(=O)OCC[NH2+]Cc1ccccc1F.[Cl-]. The van der Waals surface area contributed by atoms with Crippen LogP contribution in [0.15, 0.2) is 24.3 Å². The van der Waals surface area contributed by atoms with E-state index in [1.165, 1.54) is 13.0 Å². The molecular formula is C11H15ClFNO2. The van der Waals surface area contributed by atoms with Crippen LogP contribution in [0.25, 0.3) is 0 Å². The molecule has 2 N–H and O–H groups in total. The fraction of sp³-hybridized carbons (Fsp3) is 0.364. The zero-order valence-electron chi connectivity index (χ0n) is 9.08. The van der Waals surface area contributed by atoms with Crippen molar-refractivity contribution in [1.29, 1.82) is 0 Å². The predicted molar refractivity (Wildman–Crippen MR) is 53.5 cm³/mol. The molecule has 1 rings (SSSR count). The predicted octanol–water partition coefficient (Wildman–Crippen LogP) is -2.54. The number of esters is 1. The van der Waals surface area contributed by atoms with Gasteiger partial charge in [-0.3, -0.25) is 4.79 Å². The average Bonchev–Trinajstić information content (AvgIpc) is 2.20. The lowest BCUT2D eigenvalue weighted by Crippen LogP contribution is -3.00. The Morgan fingerprint density at radius 2 is 2.12 bits per heavy atom. The van der Waals surface area contributed by atoms with Crippen molar-refractivity contribution in [2.45, 2.75) is 13.5 Å². The summed E-state index contributed by atoms with van der Waals surface area (Å²) in [6.45, 7) is 2.95. The molecule has 90 valence electrons. The van der Waals surface area contributed by atoms with Gasteiger partial charge in [-0.1, -0.05) is 18.2 Å². The van der Waals surface area contributed by atoms with E-state index in [1.807, 2.05) is 5.32 Å². The number of rotatable bonds is 5. The van der Waals surface area contributed by atoms with Crippen LogP contribution in [-0.4, -0.2) is 19.1 Å². The lowest BCUT2D eigenvalue weighted by molar-refractivity contribution is -0.671. The molecule has 0 heterocycles. The summed E-state index contributed by atoms with van der Waals surface area (Å²) in [7, 11) is 0. The summed E-state index contributed by atoms with van der Waals surface area (Å²) in [6.07, 6.45) is 0. The average molecular weight is 248 g/mol. The molecule has 0 fully saturated rings. The van der Waals surface area contributed by atoms with Gasteiger partial charge in [-0.2, -0.15) is 0 Å². The van der Waals surface area contributed by atoms with Crippen molar-refractivity contribution in [3.05, 3.63) is 35.6 Å². The first-order chi connectivity index (χ1) is 7.20. The second-order valence-corrected chi connectivity index (χ2v) is 3.21. The minimum Gasteiger partial charge on any atom is -1.00 e. The Hall–Kier alpha value is -1.13. The van der Waals surface area contributed by atoms with Crippen LogP contribution in [0.4, 0.5) is 4.39 Å². The van der Waals surface area contributed by atoms with Crippen LogP contribution in [-0.2, 0) is 16.1 Å². The molecule has 5 heteroatoms. The third-order valence-corrected chi connectivity index (χ3v) is 1.95. The Morgan fingerprint density at radius 1 is 1.44 bits per heavy atom. The van der Waals surface area contributed by atoms with Gasteiger partial charge < -0.3 is 22.5 Å². The van der Waals surface area contributed by atoms with E-state index in [0.717, 1.165) is 0 Å². The van der Waals surface area contributed by atoms with E-state index in [9.17, 15) is 9.18 Å². The lowest BCUT2D eigenvalue weighted by atomic mass is 10.2. The van der Waals surface area contributed by atoms with Crippen LogP contribution in [0.1, 0.15) is 12.5 Å². The van der Waals surface area contributed by atoms with E-state index >= 15 is 0 Å². The number of carbonyl (C=O) groups excluding carboxylic acids is 1. The van der Waals surface area contributed by atoms with Gasteiger partial charge in [0.25, 0.3) is 0 Å². The number of ether oxygens (including phenoxy) is 1. The highest BCUT2D eigenvalue weighted by molar-refractivity contribution is 5.65. The lowest BCUT2D eigenvalue weighted by Gasteiger charge is -2.03. The van der Waals surface area contributed by atoms with Crippen LogP contribution in [0.3, 0.4) is 0 Å². The van der Waals surface area contributed by atoms with Gasteiger partial charge in [0.15, 0.2) is 0 Å². The molecule has 0 spiro atoms. The molecule has 0 saturated heterocycles. The highest BCUT2D eigenvalue weighted by atomic mass is 35.5. The second-order valence-electron chi connectivity index (χ2n) is 3.21. The molecule has 0 aliphatic heterocycles. The van der Waals surface area contributed by atoms with Crippen LogP contribution in [0.5, 0.6) is 0 Å². The van der Waals surface area contributed by atoms with Gasteiger partial charge >= 0.3 is 5.97 Å². The van der Waals surface area contributed by atoms with Crippen LogP contribution in [0.2, 0.25) is 0 Å². The normalized spacial score (nSPS) is 9.38. The van der Waals surface area contributed by atoms with Gasteiger partial charge in [0.05, 0.1) is 0 Å². The van der Waals surface area contributed by atoms with E-state index in [0.29, 0.717) is 25.3 Å². The minimum absolute atomic E-state index is 0. The summed E-state index contributed by atoms with van der Waals surface area (Å²) in [4.78, 5) is 10.4. The number of hydrogen-bond acceptors (Lipinski definition) is 2. The third kappa shape index (κ3) is 5.68. The first-order valence-electron chi connectivity index (χ1n) is 4.88. The highest BCUT2D eigenvalue weighted by Crippen LogP contribution is 2.03. The first-order valence-corrected chi connectivity index (χ1v) is 4.88. The molecule has 0 saturated carbocycles. The van der Waals surface area contributed by atoms with Crippen molar-refractivity contribution >= 4 is 5.97 Å². The van der Waals surface area contributed by atoms with E-state index in [4.69, 9.17) is 4.74 Å². The monoisotopic (exact) mass is 247 g/mol. The smallest absolute Gasteiger partial charge is 0.302 e. The summed E-state index contributed by atoms with van der Waals surface area (Å²) in [5.41, 5.74) is 0.667. The standard InChI is InChI=1S/C11H14FNO2.ClH/c1-9(14)15-7-6-13-8-10-4-2-3-5-11(10)12;/h2-5,13H,6-8H2,1H3;1H. The van der Waals surface area contributed by atoms with E-state index < -0.39 is 0 Å². The molecule has 1 aromatic carbocycles. The first kappa shape index (κ1) is 14.9. The Morgan fingerprint density at radius 3 is 2.75 bits per heavy atom. The maximum absolute atomic E-state index is 13.1. The van der Waals surface area contributed by atoms with E-state index in [1.54, 1.807) is 18.2 Å². The Balaban J connectivity index is 0.00000225. The number of benzene rings is 1. The fourth-order valence-electron chi connectivity index (χ4n) is 1.21. The van der Waals surface area contributed by atoms with Crippen molar-refractivity contribution in [3.8, 4) is 0 Å². The Bertz CT molecular complexity index is 334. The molecule has 0 aliphatic carbocycles. The fourth-order valence-corrected chi connectivity index (χ4v) is 1.21. The minimum atomic E-state index is -0.283.